The van der Waals surface area contributed by atoms with Crippen molar-refractivity contribution in [1.82, 2.24) is 10.7 Å². The fourth-order valence-corrected chi connectivity index (χ4v) is 2.91. The van der Waals surface area contributed by atoms with Gasteiger partial charge in [-0.3, -0.25) is 9.59 Å². The summed E-state index contributed by atoms with van der Waals surface area (Å²) in [6.07, 6.45) is 6.60. The van der Waals surface area contributed by atoms with Crippen LogP contribution in [0.25, 0.3) is 0 Å². The maximum atomic E-state index is 12.3. The molecule has 0 aliphatic carbocycles. The van der Waals surface area contributed by atoms with Gasteiger partial charge in [-0.1, -0.05) is 17.5 Å². The van der Waals surface area contributed by atoms with Crippen LogP contribution in [0.15, 0.2) is 35.4 Å². The van der Waals surface area contributed by atoms with Gasteiger partial charge in [-0.15, -0.1) is 6.42 Å². The zero-order valence-electron chi connectivity index (χ0n) is 18.4. The van der Waals surface area contributed by atoms with Crippen LogP contribution in [0.4, 0.5) is 0 Å². The van der Waals surface area contributed by atoms with E-state index in [4.69, 9.17) is 37.0 Å². The summed E-state index contributed by atoms with van der Waals surface area (Å²) < 4.78 is 21.3. The van der Waals surface area contributed by atoms with Crippen LogP contribution >= 0.6 is 11.6 Å². The van der Waals surface area contributed by atoms with Gasteiger partial charge in [-0.2, -0.15) is 5.10 Å². The van der Waals surface area contributed by atoms with Crippen LogP contribution in [0.1, 0.15) is 22.8 Å². The second kappa shape index (κ2) is 12.8. The first kappa shape index (κ1) is 25.4. The normalized spacial score (nSPS) is 10.3. The first-order valence-electron chi connectivity index (χ1n) is 9.78. The number of halogens is 1. The van der Waals surface area contributed by atoms with Gasteiger partial charge in [0.2, 0.25) is 0 Å². The van der Waals surface area contributed by atoms with Crippen LogP contribution in [-0.2, 0) is 4.79 Å². The lowest BCUT2D eigenvalue weighted by Gasteiger charge is -2.12. The molecule has 0 saturated heterocycles. The molecule has 0 fully saturated rings. The molecule has 0 aromatic heterocycles. The van der Waals surface area contributed by atoms with Gasteiger partial charge in [-0.05, 0) is 42.8 Å². The lowest BCUT2D eigenvalue weighted by atomic mass is 10.2. The third kappa shape index (κ3) is 7.33. The van der Waals surface area contributed by atoms with Crippen molar-refractivity contribution >= 4 is 29.6 Å². The number of rotatable bonds is 11. The van der Waals surface area contributed by atoms with Crippen LogP contribution in [0, 0.1) is 12.3 Å². The van der Waals surface area contributed by atoms with Crippen molar-refractivity contribution in [2.45, 2.75) is 6.92 Å². The number of hydrazone groups is 1. The number of benzene rings is 2. The third-order valence-corrected chi connectivity index (χ3v) is 4.37. The van der Waals surface area contributed by atoms with Gasteiger partial charge >= 0.3 is 0 Å². The molecule has 10 heteroatoms. The predicted octanol–water partition coefficient (Wildman–Crippen LogP) is 2.65. The zero-order valence-corrected chi connectivity index (χ0v) is 19.2. The molecule has 2 N–H and O–H groups in total. The van der Waals surface area contributed by atoms with Crippen LogP contribution < -0.4 is 29.7 Å². The molecule has 2 rings (SSSR count). The molecule has 33 heavy (non-hydrogen) atoms. The number of terminal acetylenes is 1. The largest absolute Gasteiger partial charge is 0.493 e. The topological polar surface area (TPSA) is 107 Å². The maximum absolute atomic E-state index is 12.3. The minimum Gasteiger partial charge on any atom is -0.493 e. The molecule has 0 spiro atoms. The van der Waals surface area contributed by atoms with E-state index in [1.807, 2.05) is 6.92 Å². The van der Waals surface area contributed by atoms with Gasteiger partial charge in [0.05, 0.1) is 38.6 Å². The Morgan fingerprint density at radius 1 is 1.12 bits per heavy atom. The molecule has 0 atom stereocenters. The Bertz CT molecular complexity index is 1060. The van der Waals surface area contributed by atoms with Gasteiger partial charge in [0.1, 0.15) is 6.61 Å². The Balaban J connectivity index is 1.96. The van der Waals surface area contributed by atoms with Crippen molar-refractivity contribution in [3.63, 3.8) is 0 Å². The summed E-state index contributed by atoms with van der Waals surface area (Å²) in [5.41, 5.74) is 3.20. The van der Waals surface area contributed by atoms with Gasteiger partial charge < -0.3 is 24.3 Å². The van der Waals surface area contributed by atoms with Crippen molar-refractivity contribution in [3.8, 4) is 35.3 Å². The van der Waals surface area contributed by atoms with Gasteiger partial charge in [-0.25, -0.2) is 5.43 Å². The summed E-state index contributed by atoms with van der Waals surface area (Å²) in [4.78, 5) is 24.3. The zero-order chi connectivity index (χ0) is 24.2. The molecule has 0 saturated carbocycles. The number of carbonyl (C=O) groups is 2. The van der Waals surface area contributed by atoms with Crippen LogP contribution in [0.2, 0.25) is 5.02 Å². The van der Waals surface area contributed by atoms with Crippen LogP contribution in [0.3, 0.4) is 0 Å². The highest BCUT2D eigenvalue weighted by atomic mass is 35.5. The van der Waals surface area contributed by atoms with Crippen LogP contribution in [-0.4, -0.2) is 52.0 Å². The SMILES string of the molecule is C#CCOc1c(Cl)cc(C=NNC(=O)CNC(=O)c2ccc(OC)c(OC)c2)cc1OCC. The Hall–Kier alpha value is -3.90. The van der Waals surface area contributed by atoms with Crippen molar-refractivity contribution in [1.29, 1.82) is 0 Å². The van der Waals surface area contributed by atoms with E-state index in [9.17, 15) is 9.59 Å². The quantitative estimate of drug-likeness (QED) is 0.295. The molecule has 0 unspecified atom stereocenters. The first-order chi connectivity index (χ1) is 15.9. The summed E-state index contributed by atoms with van der Waals surface area (Å²) in [7, 11) is 2.96. The highest BCUT2D eigenvalue weighted by molar-refractivity contribution is 6.32. The lowest BCUT2D eigenvalue weighted by Crippen LogP contribution is -2.34. The number of hydrogen-bond acceptors (Lipinski definition) is 7. The van der Waals surface area contributed by atoms with E-state index < -0.39 is 11.8 Å². The Kier molecular flexibility index (Phi) is 9.86. The van der Waals surface area contributed by atoms with E-state index in [1.165, 1.54) is 26.5 Å². The minimum absolute atomic E-state index is 0.0400. The predicted molar refractivity (Wildman–Crippen MR) is 125 cm³/mol. The summed E-state index contributed by atoms with van der Waals surface area (Å²) in [6.45, 7) is 1.96. The van der Waals surface area contributed by atoms with E-state index in [2.05, 4.69) is 21.8 Å². The average molecular weight is 474 g/mol. The highest BCUT2D eigenvalue weighted by Crippen LogP contribution is 2.36. The smallest absolute Gasteiger partial charge is 0.259 e. The van der Waals surface area contributed by atoms with E-state index in [0.717, 1.165) is 0 Å². The number of nitrogens with one attached hydrogen (secondary N) is 2. The van der Waals surface area contributed by atoms with E-state index in [1.54, 1.807) is 24.3 Å². The van der Waals surface area contributed by atoms with E-state index >= 15 is 0 Å². The second-order valence-corrected chi connectivity index (χ2v) is 6.71. The molecule has 2 aromatic carbocycles. The monoisotopic (exact) mass is 473 g/mol. The number of methoxy groups -OCH3 is 2. The fraction of sp³-hybridized carbons (Fsp3) is 0.261. The standard InChI is InChI=1S/C23H24ClN3O6/c1-5-9-33-22-17(24)10-15(11-20(22)32-6-2)13-26-27-21(28)14-25-23(29)16-7-8-18(30-3)19(12-16)31-4/h1,7-8,10-13H,6,9,14H2,2-4H3,(H,25,29)(H,27,28). The molecule has 0 aliphatic rings. The number of hydrogen-bond donors (Lipinski definition) is 2. The summed E-state index contributed by atoms with van der Waals surface area (Å²) in [5, 5.41) is 6.66. The molecule has 2 aromatic rings. The Morgan fingerprint density at radius 2 is 1.88 bits per heavy atom. The molecule has 0 aliphatic heterocycles. The Labute approximate surface area is 197 Å². The third-order valence-electron chi connectivity index (χ3n) is 4.09. The molecule has 2 amide bonds. The van der Waals surface area contributed by atoms with Crippen molar-refractivity contribution in [3.05, 3.63) is 46.5 Å². The summed E-state index contributed by atoms with van der Waals surface area (Å²) >= 11 is 6.24. The average Bonchev–Trinajstić information content (AvgIpc) is 2.81. The molecular weight excluding hydrogens is 450 g/mol. The van der Waals surface area contributed by atoms with Gasteiger partial charge in [0.15, 0.2) is 23.0 Å². The van der Waals surface area contributed by atoms with Crippen molar-refractivity contribution < 1.29 is 28.5 Å². The highest BCUT2D eigenvalue weighted by Gasteiger charge is 2.13. The molecule has 0 heterocycles. The maximum Gasteiger partial charge on any atom is 0.259 e. The lowest BCUT2D eigenvalue weighted by molar-refractivity contribution is -0.120. The number of carbonyl (C=O) groups excluding carboxylic acids is 2. The summed E-state index contributed by atoms with van der Waals surface area (Å²) in [5.74, 6) is 3.01. The number of ether oxygens (including phenoxy) is 4. The number of amides is 2. The van der Waals surface area contributed by atoms with Crippen molar-refractivity contribution in [2.24, 2.45) is 5.10 Å². The molecule has 0 radical (unpaired) electrons. The number of nitrogens with zero attached hydrogens (tertiary/aromatic N) is 1. The minimum atomic E-state index is -0.523. The van der Waals surface area contributed by atoms with Gasteiger partial charge in [0.25, 0.3) is 11.8 Å². The Morgan fingerprint density at radius 3 is 2.55 bits per heavy atom. The molecule has 0 bridgehead atoms. The molecule has 9 nitrogen and oxygen atoms in total. The van der Waals surface area contributed by atoms with E-state index in [0.29, 0.717) is 40.7 Å². The van der Waals surface area contributed by atoms with Crippen molar-refractivity contribution in [2.75, 3.05) is 34.0 Å². The summed E-state index contributed by atoms with van der Waals surface area (Å²) in [6, 6.07) is 7.91. The van der Waals surface area contributed by atoms with Crippen LogP contribution in [0.5, 0.6) is 23.0 Å². The van der Waals surface area contributed by atoms with Gasteiger partial charge in [0, 0.05) is 5.56 Å². The fourth-order valence-electron chi connectivity index (χ4n) is 2.64. The molecule has 174 valence electrons. The van der Waals surface area contributed by atoms with E-state index in [-0.39, 0.29) is 18.2 Å². The molecular formula is C23H24ClN3O6. The first-order valence-corrected chi connectivity index (χ1v) is 10.2. The second-order valence-electron chi connectivity index (χ2n) is 6.30.